The molecule has 3 rings (SSSR count). The van der Waals surface area contributed by atoms with E-state index < -0.39 is 35.2 Å². The van der Waals surface area contributed by atoms with Crippen LogP contribution in [0.3, 0.4) is 0 Å². The lowest BCUT2D eigenvalue weighted by Crippen LogP contribution is -2.45. The van der Waals surface area contributed by atoms with Crippen LogP contribution < -0.4 is 0 Å². The van der Waals surface area contributed by atoms with Gasteiger partial charge in [0.15, 0.2) is 0 Å². The fourth-order valence-corrected chi connectivity index (χ4v) is 4.00. The highest BCUT2D eigenvalue weighted by Gasteiger charge is 2.41. The molecular weight excluding hydrogens is 436 g/mol. The van der Waals surface area contributed by atoms with E-state index in [4.69, 9.17) is 21.7 Å². The Labute approximate surface area is 177 Å². The van der Waals surface area contributed by atoms with E-state index in [1.807, 2.05) is 0 Å². The average Bonchev–Trinajstić information content (AvgIpc) is 3.25. The molecule has 0 spiro atoms. The number of nitrogens with zero attached hydrogens (tertiary/aromatic N) is 2. The minimum Gasteiger partial charge on any atom is -0.481 e. The Kier molecular flexibility index (Phi) is 5.99. The van der Waals surface area contributed by atoms with Crippen LogP contribution in [-0.2, 0) is 14.4 Å². The summed E-state index contributed by atoms with van der Waals surface area (Å²) in [6, 6.07) is 7.25. The molecule has 2 heterocycles. The zero-order valence-corrected chi connectivity index (χ0v) is 16.5. The van der Waals surface area contributed by atoms with E-state index in [2.05, 4.69) is 0 Å². The van der Waals surface area contributed by atoms with Gasteiger partial charge < -0.3 is 14.6 Å². The first kappa shape index (κ1) is 21.2. The Hall–Kier alpha value is -3.51. The number of furan rings is 1. The lowest BCUT2D eigenvalue weighted by Gasteiger charge is -2.21. The van der Waals surface area contributed by atoms with Crippen LogP contribution >= 0.6 is 24.0 Å². The summed E-state index contributed by atoms with van der Waals surface area (Å²) in [6.45, 7) is 0. The zero-order chi connectivity index (χ0) is 22.0. The van der Waals surface area contributed by atoms with Gasteiger partial charge in [-0.3, -0.25) is 24.6 Å². The van der Waals surface area contributed by atoms with Gasteiger partial charge in [-0.15, -0.1) is 0 Å². The van der Waals surface area contributed by atoms with E-state index in [9.17, 15) is 29.6 Å². The van der Waals surface area contributed by atoms with E-state index in [0.29, 0.717) is 11.3 Å². The third-order valence-corrected chi connectivity index (χ3v) is 5.38. The second-order valence-electron chi connectivity index (χ2n) is 6.01. The molecule has 30 heavy (non-hydrogen) atoms. The second-order valence-corrected chi connectivity index (χ2v) is 7.69. The Morgan fingerprint density at radius 1 is 1.23 bits per heavy atom. The summed E-state index contributed by atoms with van der Waals surface area (Å²) >= 11 is 5.90. The highest BCUT2D eigenvalue weighted by Crippen LogP contribution is 2.35. The van der Waals surface area contributed by atoms with Gasteiger partial charge in [-0.25, -0.2) is 4.79 Å². The van der Waals surface area contributed by atoms with Gasteiger partial charge in [0.2, 0.25) is 0 Å². The fraction of sp³-hybridized carbons (Fsp3) is 0.111. The molecule has 154 valence electrons. The van der Waals surface area contributed by atoms with Gasteiger partial charge in [0.1, 0.15) is 21.9 Å². The molecule has 10 nitrogen and oxygen atoms in total. The highest BCUT2D eigenvalue weighted by atomic mass is 32.2. The average molecular weight is 448 g/mol. The van der Waals surface area contributed by atoms with Crippen molar-refractivity contribution >= 4 is 57.9 Å². The molecule has 1 saturated heterocycles. The standard InChI is InChI=1S/C18H12N2O8S2/c21-15(22)8-12(17(24)25)19-16(23)14(30-18(19)29)7-11-5-6-13(28-11)9-1-3-10(4-2-9)20(26)27/h1-7,12H,8H2,(H,21,22)(H,24,25)/b14-7-/t12-/m0/s1. The molecule has 1 atom stereocenters. The number of hydrogen-bond acceptors (Lipinski definition) is 8. The molecule has 1 aromatic carbocycles. The summed E-state index contributed by atoms with van der Waals surface area (Å²) in [7, 11) is 0. The zero-order valence-electron chi connectivity index (χ0n) is 14.9. The van der Waals surface area contributed by atoms with Crippen molar-refractivity contribution in [3.8, 4) is 11.3 Å². The molecule has 2 aromatic rings. The number of benzene rings is 1. The maximum atomic E-state index is 12.6. The number of carboxylic acids is 2. The molecule has 0 aliphatic carbocycles. The molecule has 0 saturated carbocycles. The Balaban J connectivity index is 1.83. The van der Waals surface area contributed by atoms with Crippen molar-refractivity contribution < 1.29 is 33.9 Å². The third kappa shape index (κ3) is 4.39. The van der Waals surface area contributed by atoms with Gasteiger partial charge in [-0.05, 0) is 24.3 Å². The van der Waals surface area contributed by atoms with Gasteiger partial charge in [0, 0.05) is 23.8 Å². The Morgan fingerprint density at radius 3 is 2.47 bits per heavy atom. The maximum Gasteiger partial charge on any atom is 0.327 e. The molecule has 12 heteroatoms. The summed E-state index contributed by atoms with van der Waals surface area (Å²) in [5.41, 5.74) is 0.517. The van der Waals surface area contributed by atoms with E-state index in [-0.39, 0.29) is 20.7 Å². The van der Waals surface area contributed by atoms with Gasteiger partial charge >= 0.3 is 11.9 Å². The monoisotopic (exact) mass is 448 g/mol. The van der Waals surface area contributed by atoms with Crippen LogP contribution in [0, 0.1) is 10.1 Å². The SMILES string of the molecule is O=C(O)C[C@@H](C(=O)O)N1C(=O)/C(=C/c2ccc(-c3ccc([N+](=O)[O-])cc3)o2)SC1=S. The fourth-order valence-electron chi connectivity index (χ4n) is 2.67. The largest absolute Gasteiger partial charge is 0.481 e. The summed E-state index contributed by atoms with van der Waals surface area (Å²) in [5.74, 6) is -2.91. The molecule has 1 fully saturated rings. The van der Waals surface area contributed by atoms with Gasteiger partial charge in [-0.1, -0.05) is 24.0 Å². The van der Waals surface area contributed by atoms with Crippen LogP contribution in [-0.4, -0.2) is 48.2 Å². The Bertz CT molecular complexity index is 1090. The van der Waals surface area contributed by atoms with Crippen molar-refractivity contribution in [3.05, 3.63) is 57.2 Å². The normalized spacial score (nSPS) is 16.1. The van der Waals surface area contributed by atoms with Crippen molar-refractivity contribution in [2.24, 2.45) is 0 Å². The highest BCUT2D eigenvalue weighted by molar-refractivity contribution is 8.26. The summed E-state index contributed by atoms with van der Waals surface area (Å²) in [4.78, 5) is 46.0. The van der Waals surface area contributed by atoms with Crippen LogP contribution in [0.15, 0.2) is 45.7 Å². The van der Waals surface area contributed by atoms with Crippen LogP contribution in [0.25, 0.3) is 17.4 Å². The van der Waals surface area contributed by atoms with Crippen LogP contribution in [0.5, 0.6) is 0 Å². The molecule has 0 unspecified atom stereocenters. The number of carbonyl (C=O) groups is 3. The molecule has 0 radical (unpaired) electrons. The maximum absolute atomic E-state index is 12.6. The number of rotatable bonds is 7. The number of non-ortho nitro benzene ring substituents is 1. The van der Waals surface area contributed by atoms with Crippen LogP contribution in [0.2, 0.25) is 0 Å². The molecule has 2 N–H and O–H groups in total. The first-order valence-electron chi connectivity index (χ1n) is 8.23. The molecular formula is C18H12N2O8S2. The van der Waals surface area contributed by atoms with E-state index in [0.717, 1.165) is 16.7 Å². The van der Waals surface area contributed by atoms with Crippen molar-refractivity contribution in [1.29, 1.82) is 0 Å². The van der Waals surface area contributed by atoms with Crippen molar-refractivity contribution in [2.45, 2.75) is 12.5 Å². The predicted molar refractivity (Wildman–Crippen MR) is 109 cm³/mol. The molecule has 1 amide bonds. The predicted octanol–water partition coefficient (Wildman–Crippen LogP) is 2.98. The van der Waals surface area contributed by atoms with Crippen molar-refractivity contribution in [1.82, 2.24) is 4.90 Å². The molecule has 1 aliphatic heterocycles. The number of thioether (sulfide) groups is 1. The topological polar surface area (TPSA) is 151 Å². The molecule has 1 aromatic heterocycles. The van der Waals surface area contributed by atoms with Crippen molar-refractivity contribution in [2.75, 3.05) is 0 Å². The minimum atomic E-state index is -1.62. The van der Waals surface area contributed by atoms with E-state index >= 15 is 0 Å². The van der Waals surface area contributed by atoms with Gasteiger partial charge in [0.25, 0.3) is 11.6 Å². The van der Waals surface area contributed by atoms with Crippen LogP contribution in [0.1, 0.15) is 12.2 Å². The van der Waals surface area contributed by atoms with Crippen LogP contribution in [0.4, 0.5) is 5.69 Å². The molecule has 0 bridgehead atoms. The van der Waals surface area contributed by atoms with Gasteiger partial charge in [0.05, 0.1) is 16.2 Å². The third-order valence-electron chi connectivity index (χ3n) is 4.05. The quantitative estimate of drug-likeness (QED) is 0.280. The second kappa shape index (κ2) is 8.47. The first-order chi connectivity index (χ1) is 14.2. The lowest BCUT2D eigenvalue weighted by molar-refractivity contribution is -0.384. The summed E-state index contributed by atoms with van der Waals surface area (Å²) in [5, 5.41) is 28.9. The number of nitro benzene ring substituents is 1. The van der Waals surface area contributed by atoms with Gasteiger partial charge in [-0.2, -0.15) is 0 Å². The smallest absolute Gasteiger partial charge is 0.327 e. The number of thiocarbonyl (C=S) groups is 1. The number of amides is 1. The Morgan fingerprint density at radius 2 is 1.90 bits per heavy atom. The molecule has 1 aliphatic rings. The van der Waals surface area contributed by atoms with E-state index in [1.165, 1.54) is 30.3 Å². The summed E-state index contributed by atoms with van der Waals surface area (Å²) in [6.07, 6.45) is 0.577. The van der Waals surface area contributed by atoms with E-state index in [1.54, 1.807) is 12.1 Å². The summed E-state index contributed by atoms with van der Waals surface area (Å²) < 4.78 is 5.57. The number of carbonyl (C=O) groups excluding carboxylic acids is 1. The number of carboxylic acid groups (broad SMARTS) is 2. The number of hydrogen-bond donors (Lipinski definition) is 2. The number of nitro groups is 1. The van der Waals surface area contributed by atoms with Crippen molar-refractivity contribution in [3.63, 3.8) is 0 Å². The minimum absolute atomic E-state index is 0.0662. The first-order valence-corrected chi connectivity index (χ1v) is 9.46. The number of aliphatic carboxylic acids is 2. The lowest BCUT2D eigenvalue weighted by atomic mass is 10.1.